The molecule has 0 bridgehead atoms. The van der Waals surface area contributed by atoms with Gasteiger partial charge in [-0.15, -0.1) is 0 Å². The number of hydrogen-bond acceptors (Lipinski definition) is 2. The van der Waals surface area contributed by atoms with Gasteiger partial charge in [-0.3, -0.25) is 0 Å². The van der Waals surface area contributed by atoms with Gasteiger partial charge >= 0.3 is 5.97 Å². The fourth-order valence-electron chi connectivity index (χ4n) is 3.07. The van der Waals surface area contributed by atoms with Gasteiger partial charge in [-0.05, 0) is 22.8 Å². The van der Waals surface area contributed by atoms with Crippen LogP contribution in [0.15, 0.2) is 91.0 Å². The predicted octanol–water partition coefficient (Wildman–Crippen LogP) is 3.64. The summed E-state index contributed by atoms with van der Waals surface area (Å²) in [5.74, 6) is -0.891. The van der Waals surface area contributed by atoms with Crippen LogP contribution in [-0.4, -0.2) is 18.1 Å². The molecule has 3 aromatic rings. The Morgan fingerprint density at radius 1 is 0.769 bits per heavy atom. The maximum atomic E-state index is 15.9. The van der Waals surface area contributed by atoms with Gasteiger partial charge in [0.05, 0.1) is 6.61 Å². The topological polar surface area (TPSA) is 26.3 Å². The molecule has 0 saturated carbocycles. The van der Waals surface area contributed by atoms with E-state index in [0.29, 0.717) is 0 Å². The molecule has 0 N–H and O–H groups in total. The van der Waals surface area contributed by atoms with Crippen molar-refractivity contribution in [1.29, 1.82) is 0 Å². The molecule has 26 heavy (non-hydrogen) atoms. The van der Waals surface area contributed by atoms with Crippen molar-refractivity contribution >= 4 is 34.3 Å². The number of rotatable bonds is 5. The lowest BCUT2D eigenvalue weighted by atomic mass is 10.4. The van der Waals surface area contributed by atoms with Crippen molar-refractivity contribution in [3.63, 3.8) is 0 Å². The van der Waals surface area contributed by atoms with Crippen LogP contribution in [0.4, 0.5) is 4.39 Å². The first-order chi connectivity index (χ1) is 12.7. The van der Waals surface area contributed by atoms with E-state index in [4.69, 9.17) is 4.74 Å². The maximum absolute atomic E-state index is 15.9. The van der Waals surface area contributed by atoms with E-state index >= 15 is 4.39 Å². The Morgan fingerprint density at radius 3 is 1.42 bits per heavy atom. The SMILES string of the molecule is CCOC(=O)C(F)=P(c1ccccc1)(c1ccccc1)c1ccccc1. The third-order valence-electron chi connectivity index (χ3n) is 4.17. The Morgan fingerprint density at radius 2 is 1.12 bits per heavy atom. The lowest BCUT2D eigenvalue weighted by molar-refractivity contribution is -0.135. The van der Waals surface area contributed by atoms with Crippen LogP contribution in [-0.2, 0) is 9.53 Å². The molecule has 2 nitrogen and oxygen atoms in total. The van der Waals surface area contributed by atoms with E-state index in [1.807, 2.05) is 91.0 Å². The third-order valence-corrected chi connectivity index (χ3v) is 8.16. The summed E-state index contributed by atoms with van der Waals surface area (Å²) in [5, 5.41) is 2.34. The highest BCUT2D eigenvalue weighted by Crippen LogP contribution is 2.46. The van der Waals surface area contributed by atoms with Gasteiger partial charge in [0.25, 0.3) is 0 Å². The van der Waals surface area contributed by atoms with E-state index in [1.54, 1.807) is 6.92 Å². The Balaban J connectivity index is 2.48. The molecule has 3 aromatic carbocycles. The van der Waals surface area contributed by atoms with Crippen molar-refractivity contribution in [1.82, 2.24) is 0 Å². The summed E-state index contributed by atoms with van der Waals surface area (Å²) in [7, 11) is 0. The summed E-state index contributed by atoms with van der Waals surface area (Å²) in [5.41, 5.74) is -0.733. The van der Waals surface area contributed by atoms with Crippen LogP contribution in [0.25, 0.3) is 0 Å². The number of carbonyl (C=O) groups is 1. The highest BCUT2D eigenvalue weighted by atomic mass is 31.2. The molecule has 3 rings (SSSR count). The van der Waals surface area contributed by atoms with Crippen LogP contribution in [0.3, 0.4) is 0 Å². The van der Waals surface area contributed by atoms with Crippen LogP contribution < -0.4 is 15.9 Å². The maximum Gasteiger partial charge on any atom is 0.368 e. The Kier molecular flexibility index (Phi) is 5.70. The molecule has 0 heterocycles. The van der Waals surface area contributed by atoms with Crippen LogP contribution in [0, 0.1) is 0 Å². The van der Waals surface area contributed by atoms with Crippen molar-refractivity contribution in [2.45, 2.75) is 6.92 Å². The summed E-state index contributed by atoms with van der Waals surface area (Å²) in [4.78, 5) is 12.5. The van der Waals surface area contributed by atoms with E-state index in [2.05, 4.69) is 0 Å². The van der Waals surface area contributed by atoms with Gasteiger partial charge in [0.2, 0.25) is 5.55 Å². The van der Waals surface area contributed by atoms with Gasteiger partial charge in [-0.25, -0.2) is 4.79 Å². The molecule has 4 heteroatoms. The van der Waals surface area contributed by atoms with Crippen LogP contribution >= 0.6 is 6.89 Å². The molecule has 0 saturated heterocycles. The Bertz CT molecular complexity index is 819. The molecule has 0 atom stereocenters. The van der Waals surface area contributed by atoms with Gasteiger partial charge < -0.3 is 4.74 Å². The lowest BCUT2D eigenvalue weighted by Gasteiger charge is -2.28. The molecule has 0 aliphatic rings. The number of benzene rings is 3. The molecular formula is C22H20FO2P. The molecule has 132 valence electrons. The van der Waals surface area contributed by atoms with Gasteiger partial charge in [-0.1, -0.05) is 91.0 Å². The third kappa shape index (κ3) is 3.23. The van der Waals surface area contributed by atoms with Gasteiger partial charge in [-0.2, -0.15) is 4.39 Å². The Hall–Kier alpha value is -2.64. The highest BCUT2D eigenvalue weighted by Gasteiger charge is 2.34. The van der Waals surface area contributed by atoms with Crippen LogP contribution in [0.1, 0.15) is 6.92 Å². The smallest absolute Gasteiger partial charge is 0.368 e. The second-order valence-electron chi connectivity index (χ2n) is 5.69. The summed E-state index contributed by atoms with van der Waals surface area (Å²) >= 11 is 0. The van der Waals surface area contributed by atoms with E-state index in [9.17, 15) is 4.79 Å². The van der Waals surface area contributed by atoms with E-state index in [0.717, 1.165) is 15.9 Å². The number of halogens is 1. The lowest BCUT2D eigenvalue weighted by Crippen LogP contribution is -2.32. The largest absolute Gasteiger partial charge is 0.461 e. The predicted molar refractivity (Wildman–Crippen MR) is 108 cm³/mol. The number of esters is 1. The molecular weight excluding hydrogens is 346 g/mol. The zero-order valence-electron chi connectivity index (χ0n) is 14.5. The zero-order chi connectivity index (χ0) is 18.4. The summed E-state index contributed by atoms with van der Waals surface area (Å²) in [6.07, 6.45) is 0. The van der Waals surface area contributed by atoms with Gasteiger partial charge in [0.15, 0.2) is 0 Å². The average Bonchev–Trinajstić information content (AvgIpc) is 2.71. The minimum atomic E-state index is -2.95. The average molecular weight is 366 g/mol. The molecule has 0 radical (unpaired) electrons. The number of hydrogen-bond donors (Lipinski definition) is 0. The Labute approximate surface area is 153 Å². The molecule has 0 unspecified atom stereocenters. The fraction of sp³-hybridized carbons (Fsp3) is 0.0909. The van der Waals surface area contributed by atoms with Crippen LogP contribution in [0.2, 0.25) is 0 Å². The minimum absolute atomic E-state index is 0.130. The first kappa shape index (κ1) is 18.2. The molecule has 0 aliphatic carbocycles. The van der Waals surface area contributed by atoms with Crippen LogP contribution in [0.5, 0.6) is 0 Å². The summed E-state index contributed by atoms with van der Waals surface area (Å²) in [6, 6.07) is 28.2. The van der Waals surface area contributed by atoms with E-state index in [1.165, 1.54) is 0 Å². The zero-order valence-corrected chi connectivity index (χ0v) is 15.4. The normalized spacial score (nSPS) is 11.0. The monoisotopic (exact) mass is 366 g/mol. The van der Waals surface area contributed by atoms with Crippen molar-refractivity contribution in [3.05, 3.63) is 91.0 Å². The van der Waals surface area contributed by atoms with Crippen molar-refractivity contribution in [2.24, 2.45) is 0 Å². The van der Waals surface area contributed by atoms with E-state index < -0.39 is 18.4 Å². The summed E-state index contributed by atoms with van der Waals surface area (Å²) in [6.45, 7) is -1.15. The highest BCUT2D eigenvalue weighted by molar-refractivity contribution is 7.96. The standard InChI is InChI=1S/C22H20FO2P/c1-2-25-22(24)21(23)26(18-12-6-3-7-13-18,19-14-8-4-9-15-19)20-16-10-5-11-17-20/h3-17H,2H2,1H3. The fourth-order valence-corrected chi connectivity index (χ4v) is 6.84. The molecule has 0 fully saturated rings. The second-order valence-corrected chi connectivity index (χ2v) is 8.97. The van der Waals surface area contributed by atoms with Gasteiger partial charge in [0.1, 0.15) is 0 Å². The number of ether oxygens (including phenoxy) is 1. The first-order valence-electron chi connectivity index (χ1n) is 8.47. The van der Waals surface area contributed by atoms with Crippen molar-refractivity contribution in [2.75, 3.05) is 6.61 Å². The van der Waals surface area contributed by atoms with Crippen molar-refractivity contribution < 1.29 is 13.9 Å². The van der Waals surface area contributed by atoms with E-state index in [-0.39, 0.29) is 6.61 Å². The summed E-state index contributed by atoms with van der Waals surface area (Å²) < 4.78 is 20.9. The second kappa shape index (κ2) is 8.16. The molecule has 0 aliphatic heterocycles. The first-order valence-corrected chi connectivity index (χ1v) is 10.3. The minimum Gasteiger partial charge on any atom is -0.461 e. The quantitative estimate of drug-likeness (QED) is 0.509. The van der Waals surface area contributed by atoms with Gasteiger partial charge in [0, 0.05) is 6.89 Å². The molecule has 0 amide bonds. The molecule has 0 spiro atoms. The van der Waals surface area contributed by atoms with Crippen molar-refractivity contribution in [3.8, 4) is 0 Å². The molecule has 0 aromatic heterocycles. The number of carbonyl (C=O) groups excluding carboxylic acids is 1.